The molecule has 1 unspecified atom stereocenters. The highest BCUT2D eigenvalue weighted by atomic mass is 16.6. The monoisotopic (exact) mass is 536 g/mol. The number of benzene rings is 1. The number of likely N-dealkylation sites (tertiary alicyclic amines) is 2. The summed E-state index contributed by atoms with van der Waals surface area (Å²) in [5.41, 5.74) is 2.97. The van der Waals surface area contributed by atoms with Crippen molar-refractivity contribution in [1.29, 1.82) is 0 Å². The number of fused-ring (bicyclic) bond motifs is 1. The van der Waals surface area contributed by atoms with Gasteiger partial charge >= 0.3 is 12.2 Å². The minimum absolute atomic E-state index is 0.00715. The molecule has 1 aromatic carbocycles. The van der Waals surface area contributed by atoms with Crippen LogP contribution in [0.15, 0.2) is 30.5 Å². The maximum absolute atomic E-state index is 12.3. The minimum atomic E-state index is -0.456. The number of ether oxygens (including phenoxy) is 2. The number of amides is 2. The second-order valence-electron chi connectivity index (χ2n) is 12.7. The van der Waals surface area contributed by atoms with E-state index >= 15 is 0 Å². The average Bonchev–Trinajstić information content (AvgIpc) is 2.80. The standard InChI is InChI=1S/C29H40N6O4/c1-19(2)12-35-24-23(14-38-27(35)37)11-30-25(32-24)31-20(3)22-9-7-21(8-10-22)13-33-15-29(16-33)17-34(18-29)26(36)39-28(4,5)6/h7-11,19-20H,12-18H2,1-6H3,(H,30,31,32). The van der Waals surface area contributed by atoms with Gasteiger partial charge in [0.15, 0.2) is 0 Å². The Bertz CT molecular complexity index is 1210. The van der Waals surface area contributed by atoms with Crippen LogP contribution in [-0.2, 0) is 22.6 Å². The third kappa shape index (κ3) is 6.11. The van der Waals surface area contributed by atoms with Gasteiger partial charge in [-0.15, -0.1) is 0 Å². The van der Waals surface area contributed by atoms with Crippen molar-refractivity contribution >= 4 is 24.0 Å². The van der Waals surface area contributed by atoms with E-state index in [0.29, 0.717) is 18.3 Å². The second-order valence-corrected chi connectivity index (χ2v) is 12.7. The Kier molecular flexibility index (Phi) is 7.17. The third-order valence-corrected chi connectivity index (χ3v) is 7.27. The Labute approximate surface area is 230 Å². The number of carbonyl (C=O) groups is 2. The minimum Gasteiger partial charge on any atom is -0.444 e. The number of aromatic nitrogens is 2. The van der Waals surface area contributed by atoms with E-state index in [1.807, 2.05) is 25.7 Å². The van der Waals surface area contributed by atoms with Crippen molar-refractivity contribution in [2.45, 2.75) is 66.3 Å². The zero-order chi connectivity index (χ0) is 27.9. The molecule has 3 aliphatic heterocycles. The number of nitrogens with one attached hydrogen (secondary N) is 1. The summed E-state index contributed by atoms with van der Waals surface area (Å²) in [6.07, 6.45) is 1.16. The van der Waals surface area contributed by atoms with Crippen LogP contribution in [0.3, 0.4) is 0 Å². The van der Waals surface area contributed by atoms with Gasteiger partial charge in [-0.05, 0) is 44.7 Å². The Morgan fingerprint density at radius 3 is 2.46 bits per heavy atom. The summed E-state index contributed by atoms with van der Waals surface area (Å²) in [7, 11) is 0. The Balaban J connectivity index is 1.12. The lowest BCUT2D eigenvalue weighted by Gasteiger charge is -2.60. The molecule has 1 N–H and O–H groups in total. The molecule has 2 fully saturated rings. The predicted molar refractivity (Wildman–Crippen MR) is 148 cm³/mol. The van der Waals surface area contributed by atoms with Gasteiger partial charge < -0.3 is 19.7 Å². The Morgan fingerprint density at radius 2 is 1.82 bits per heavy atom. The first-order chi connectivity index (χ1) is 18.4. The fourth-order valence-corrected chi connectivity index (χ4v) is 5.51. The van der Waals surface area contributed by atoms with E-state index < -0.39 is 5.60 Å². The lowest BCUT2D eigenvalue weighted by Crippen LogP contribution is -2.72. The molecule has 0 radical (unpaired) electrons. The van der Waals surface area contributed by atoms with E-state index in [-0.39, 0.29) is 36.2 Å². The number of hydrogen-bond acceptors (Lipinski definition) is 8. The average molecular weight is 537 g/mol. The molecule has 2 aromatic rings. The van der Waals surface area contributed by atoms with Gasteiger partial charge in [-0.1, -0.05) is 38.1 Å². The summed E-state index contributed by atoms with van der Waals surface area (Å²) >= 11 is 0. The first-order valence-corrected chi connectivity index (χ1v) is 13.8. The molecule has 10 nitrogen and oxygen atoms in total. The third-order valence-electron chi connectivity index (χ3n) is 7.27. The Hall–Kier alpha value is -3.40. The van der Waals surface area contributed by atoms with E-state index in [1.165, 1.54) is 5.56 Å². The molecule has 4 heterocycles. The molecule has 5 rings (SSSR count). The molecule has 39 heavy (non-hydrogen) atoms. The molecule has 2 saturated heterocycles. The van der Waals surface area contributed by atoms with Crippen LogP contribution in [-0.4, -0.2) is 70.3 Å². The first kappa shape index (κ1) is 27.2. The molecule has 1 atom stereocenters. The van der Waals surface area contributed by atoms with Crippen LogP contribution in [0, 0.1) is 11.3 Å². The summed E-state index contributed by atoms with van der Waals surface area (Å²) in [6, 6.07) is 8.60. The van der Waals surface area contributed by atoms with Crippen molar-refractivity contribution in [2.75, 3.05) is 42.9 Å². The van der Waals surface area contributed by atoms with Crippen molar-refractivity contribution in [3.8, 4) is 0 Å². The molecule has 0 saturated carbocycles. The molecule has 210 valence electrons. The number of hydrogen-bond donors (Lipinski definition) is 1. The van der Waals surface area contributed by atoms with Gasteiger partial charge in [-0.25, -0.2) is 14.6 Å². The molecule has 0 bridgehead atoms. The second kappa shape index (κ2) is 10.3. The van der Waals surface area contributed by atoms with Gasteiger partial charge in [0.05, 0.1) is 11.6 Å². The van der Waals surface area contributed by atoms with Crippen molar-refractivity contribution in [2.24, 2.45) is 11.3 Å². The Morgan fingerprint density at radius 1 is 1.13 bits per heavy atom. The van der Waals surface area contributed by atoms with Crippen molar-refractivity contribution in [3.63, 3.8) is 0 Å². The fourth-order valence-electron chi connectivity index (χ4n) is 5.51. The highest BCUT2D eigenvalue weighted by molar-refractivity contribution is 5.89. The molecule has 0 aliphatic carbocycles. The molecular weight excluding hydrogens is 496 g/mol. The zero-order valence-corrected chi connectivity index (χ0v) is 23.9. The van der Waals surface area contributed by atoms with E-state index in [9.17, 15) is 9.59 Å². The van der Waals surface area contributed by atoms with Crippen LogP contribution in [0.25, 0.3) is 0 Å². The van der Waals surface area contributed by atoms with Crippen LogP contribution < -0.4 is 10.2 Å². The SMILES string of the molecule is CC(C)CN1C(=O)OCc2cnc(NC(C)c3ccc(CN4CC5(C4)CN(C(=O)OC(C)(C)C)C5)cc3)nc21. The number of nitrogens with zero attached hydrogens (tertiary/aromatic N) is 5. The van der Waals surface area contributed by atoms with Crippen LogP contribution in [0.5, 0.6) is 0 Å². The largest absolute Gasteiger partial charge is 0.444 e. The number of anilines is 2. The normalized spacial score (nSPS) is 19.2. The van der Waals surface area contributed by atoms with E-state index in [1.54, 1.807) is 11.1 Å². The number of rotatable bonds is 7. The molecule has 1 spiro atoms. The van der Waals surface area contributed by atoms with E-state index in [2.05, 4.69) is 65.2 Å². The van der Waals surface area contributed by atoms with Crippen LogP contribution >= 0.6 is 0 Å². The van der Waals surface area contributed by atoms with Gasteiger partial charge in [0, 0.05) is 50.9 Å². The van der Waals surface area contributed by atoms with Crippen molar-refractivity contribution in [1.82, 2.24) is 19.8 Å². The van der Waals surface area contributed by atoms with E-state index in [4.69, 9.17) is 9.47 Å². The molecule has 2 amide bonds. The predicted octanol–water partition coefficient (Wildman–Crippen LogP) is 4.82. The summed E-state index contributed by atoms with van der Waals surface area (Å²) in [4.78, 5) is 39.5. The highest BCUT2D eigenvalue weighted by Gasteiger charge is 2.53. The molecular formula is C29H40N6O4. The summed E-state index contributed by atoms with van der Waals surface area (Å²) < 4.78 is 10.8. The maximum Gasteiger partial charge on any atom is 0.415 e. The van der Waals surface area contributed by atoms with Gasteiger partial charge in [-0.2, -0.15) is 4.98 Å². The summed E-state index contributed by atoms with van der Waals surface area (Å²) in [5.74, 6) is 1.39. The fraction of sp³-hybridized carbons (Fsp3) is 0.586. The first-order valence-electron chi connectivity index (χ1n) is 13.8. The topological polar surface area (TPSA) is 100 Å². The highest BCUT2D eigenvalue weighted by Crippen LogP contribution is 2.41. The summed E-state index contributed by atoms with van der Waals surface area (Å²) in [6.45, 7) is 17.1. The van der Waals surface area contributed by atoms with Gasteiger partial charge in [-0.3, -0.25) is 9.80 Å². The lowest BCUT2D eigenvalue weighted by molar-refractivity contribution is -0.115. The van der Waals surface area contributed by atoms with E-state index in [0.717, 1.165) is 43.9 Å². The smallest absolute Gasteiger partial charge is 0.415 e. The van der Waals surface area contributed by atoms with Gasteiger partial charge in [0.2, 0.25) is 5.95 Å². The zero-order valence-electron chi connectivity index (χ0n) is 23.9. The van der Waals surface area contributed by atoms with Crippen molar-refractivity contribution < 1.29 is 19.1 Å². The van der Waals surface area contributed by atoms with Gasteiger partial charge in [0.25, 0.3) is 0 Å². The van der Waals surface area contributed by atoms with Gasteiger partial charge in [0.1, 0.15) is 18.0 Å². The number of carbonyl (C=O) groups excluding carboxylic acids is 2. The molecule has 3 aliphatic rings. The molecule has 1 aromatic heterocycles. The van der Waals surface area contributed by atoms with Crippen LogP contribution in [0.1, 0.15) is 64.3 Å². The van der Waals surface area contributed by atoms with Crippen LogP contribution in [0.4, 0.5) is 21.4 Å². The lowest BCUT2D eigenvalue weighted by atomic mass is 9.73. The van der Waals surface area contributed by atoms with Crippen molar-refractivity contribution in [3.05, 3.63) is 47.2 Å². The maximum atomic E-state index is 12.3. The quantitative estimate of drug-likeness (QED) is 0.538. The molecule has 10 heteroatoms. The van der Waals surface area contributed by atoms with Crippen LogP contribution in [0.2, 0.25) is 0 Å². The summed E-state index contributed by atoms with van der Waals surface area (Å²) in [5, 5.41) is 3.38. The number of cyclic esters (lactones) is 1.